The van der Waals surface area contributed by atoms with Crippen molar-refractivity contribution in [2.24, 2.45) is 0 Å². The molecule has 198 valence electrons. The Kier molecular flexibility index (Phi) is 6.72. The molecule has 0 saturated carbocycles. The van der Waals surface area contributed by atoms with Gasteiger partial charge in [0.05, 0.1) is 13.7 Å². The average molecular weight is 531 g/mol. The van der Waals surface area contributed by atoms with Gasteiger partial charge in [-0.3, -0.25) is 14.5 Å². The van der Waals surface area contributed by atoms with Crippen LogP contribution < -0.4 is 10.6 Å². The number of imide groups is 1. The third-order valence-corrected chi connectivity index (χ3v) is 6.32. The number of anilines is 1. The number of carbonyl (C=O) groups is 4. The Morgan fingerprint density at radius 1 is 1.08 bits per heavy atom. The average Bonchev–Trinajstić information content (AvgIpc) is 3.58. The van der Waals surface area contributed by atoms with Crippen molar-refractivity contribution in [1.29, 1.82) is 0 Å². The number of hydrogen-bond acceptors (Lipinski definition) is 6. The summed E-state index contributed by atoms with van der Waals surface area (Å²) in [6.45, 7) is 1.61. The van der Waals surface area contributed by atoms with Crippen LogP contribution in [0.25, 0.3) is 17.0 Å². The predicted octanol–water partition coefficient (Wildman–Crippen LogP) is 4.20. The summed E-state index contributed by atoms with van der Waals surface area (Å²) in [4.78, 5) is 51.1. The molecule has 5 rings (SSSR count). The first-order chi connectivity index (χ1) is 18.7. The highest BCUT2D eigenvalue weighted by Gasteiger charge is 2.35. The number of nitrogens with one attached hydrogen (secondary N) is 2. The van der Waals surface area contributed by atoms with Crippen LogP contribution in [0.3, 0.4) is 0 Å². The zero-order valence-corrected chi connectivity index (χ0v) is 21.0. The Morgan fingerprint density at radius 3 is 2.56 bits per heavy atom. The van der Waals surface area contributed by atoms with Gasteiger partial charge in [0, 0.05) is 27.8 Å². The number of carbonyl (C=O) groups excluding carboxylic acids is 4. The fourth-order valence-electron chi connectivity index (χ4n) is 4.41. The second-order valence-electron chi connectivity index (χ2n) is 8.79. The summed E-state index contributed by atoms with van der Waals surface area (Å²) in [6.07, 6.45) is 1.58. The normalized spacial score (nSPS) is 14.2. The van der Waals surface area contributed by atoms with Crippen molar-refractivity contribution in [3.63, 3.8) is 0 Å². The Bertz CT molecular complexity index is 1650. The number of rotatable bonds is 7. The molecule has 0 atom stereocenters. The van der Waals surface area contributed by atoms with Crippen molar-refractivity contribution < 1.29 is 32.7 Å². The number of esters is 1. The van der Waals surface area contributed by atoms with Gasteiger partial charge >= 0.3 is 12.0 Å². The molecule has 11 heteroatoms. The lowest BCUT2D eigenvalue weighted by atomic mass is 10.1. The molecule has 1 saturated heterocycles. The van der Waals surface area contributed by atoms with Crippen molar-refractivity contribution in [1.82, 2.24) is 14.8 Å². The van der Waals surface area contributed by atoms with Crippen LogP contribution in [-0.4, -0.2) is 40.4 Å². The number of furan rings is 1. The lowest BCUT2D eigenvalue weighted by Crippen LogP contribution is -2.30. The van der Waals surface area contributed by atoms with Crippen LogP contribution in [0.1, 0.15) is 27.6 Å². The lowest BCUT2D eigenvalue weighted by molar-refractivity contribution is -0.123. The third-order valence-electron chi connectivity index (χ3n) is 6.32. The Hall–Kier alpha value is -5.19. The first-order valence-electron chi connectivity index (χ1n) is 11.9. The van der Waals surface area contributed by atoms with E-state index < -0.39 is 23.7 Å². The molecular weight excluding hydrogens is 507 g/mol. The Labute approximate surface area is 221 Å². The van der Waals surface area contributed by atoms with E-state index >= 15 is 0 Å². The van der Waals surface area contributed by atoms with Crippen LogP contribution in [0.2, 0.25) is 0 Å². The number of aromatic nitrogens is 1. The maximum absolute atomic E-state index is 13.2. The quantitative estimate of drug-likeness (QED) is 0.210. The van der Waals surface area contributed by atoms with Crippen molar-refractivity contribution >= 4 is 46.5 Å². The second kappa shape index (κ2) is 10.3. The molecule has 0 spiro atoms. The van der Waals surface area contributed by atoms with Gasteiger partial charge in [-0.05, 0) is 55.5 Å². The molecule has 1 aliphatic rings. The topological polar surface area (TPSA) is 123 Å². The fraction of sp³-hybridized carbons (Fsp3) is 0.143. The minimum atomic E-state index is -0.669. The van der Waals surface area contributed by atoms with Gasteiger partial charge in [0.1, 0.15) is 23.8 Å². The molecule has 0 unspecified atom stereocenters. The van der Waals surface area contributed by atoms with Gasteiger partial charge in [-0.2, -0.15) is 0 Å². The van der Waals surface area contributed by atoms with E-state index in [1.165, 1.54) is 43.5 Å². The van der Waals surface area contributed by atoms with Gasteiger partial charge < -0.3 is 24.4 Å². The molecule has 0 radical (unpaired) electrons. The largest absolute Gasteiger partial charge is 0.463 e. The highest BCUT2D eigenvalue weighted by Crippen LogP contribution is 2.29. The van der Waals surface area contributed by atoms with Crippen LogP contribution in [0.5, 0.6) is 0 Å². The minimum absolute atomic E-state index is 0.0274. The number of benzene rings is 2. The van der Waals surface area contributed by atoms with Crippen molar-refractivity contribution in [3.8, 4) is 0 Å². The van der Waals surface area contributed by atoms with E-state index in [4.69, 9.17) is 4.42 Å². The van der Waals surface area contributed by atoms with Crippen LogP contribution >= 0.6 is 0 Å². The van der Waals surface area contributed by atoms with E-state index in [-0.39, 0.29) is 36.2 Å². The number of hydrogen-bond donors (Lipinski definition) is 2. The fourth-order valence-corrected chi connectivity index (χ4v) is 4.41. The van der Waals surface area contributed by atoms with Crippen LogP contribution in [0.4, 0.5) is 14.9 Å². The van der Waals surface area contributed by atoms with Crippen molar-refractivity contribution in [2.45, 2.75) is 20.0 Å². The molecule has 2 aromatic carbocycles. The van der Waals surface area contributed by atoms with Gasteiger partial charge in [-0.1, -0.05) is 18.2 Å². The molecule has 4 aromatic rings. The van der Waals surface area contributed by atoms with E-state index in [1.54, 1.807) is 10.6 Å². The van der Waals surface area contributed by atoms with Crippen LogP contribution in [-0.2, 0) is 27.4 Å². The maximum Gasteiger partial charge on any atom is 0.373 e. The van der Waals surface area contributed by atoms with E-state index in [0.29, 0.717) is 16.9 Å². The Morgan fingerprint density at radius 2 is 1.82 bits per heavy atom. The molecule has 2 N–H and O–H groups in total. The van der Waals surface area contributed by atoms with Gasteiger partial charge in [-0.15, -0.1) is 0 Å². The first-order valence-corrected chi connectivity index (χ1v) is 11.9. The van der Waals surface area contributed by atoms with Gasteiger partial charge in [0.2, 0.25) is 11.7 Å². The zero-order valence-electron chi connectivity index (χ0n) is 21.0. The maximum atomic E-state index is 13.2. The number of para-hydroxylation sites is 1. The highest BCUT2D eigenvalue weighted by molar-refractivity contribution is 6.14. The number of urea groups is 1. The molecule has 3 heterocycles. The Balaban J connectivity index is 1.40. The molecule has 39 heavy (non-hydrogen) atoms. The highest BCUT2D eigenvalue weighted by atomic mass is 19.1. The van der Waals surface area contributed by atoms with Crippen molar-refractivity contribution in [3.05, 3.63) is 95.0 Å². The van der Waals surface area contributed by atoms with E-state index in [1.807, 2.05) is 31.2 Å². The molecule has 4 amide bonds. The summed E-state index contributed by atoms with van der Waals surface area (Å²) >= 11 is 0. The van der Waals surface area contributed by atoms with E-state index in [2.05, 4.69) is 15.4 Å². The van der Waals surface area contributed by atoms with Crippen LogP contribution in [0, 0.1) is 12.7 Å². The molecule has 1 fully saturated rings. The second-order valence-corrected chi connectivity index (χ2v) is 8.79. The molecule has 0 bridgehead atoms. The first kappa shape index (κ1) is 25.5. The van der Waals surface area contributed by atoms with Gasteiger partial charge in [0.25, 0.3) is 5.91 Å². The lowest BCUT2D eigenvalue weighted by Gasteiger charge is -2.10. The smallest absolute Gasteiger partial charge is 0.373 e. The SMILES string of the molecule is COC(=O)c1ccc(CN2C(=O)N/C(=C\c3c(C)n(CC(=O)Nc4ccc(F)cc4)c4ccccc34)C2=O)o1. The monoisotopic (exact) mass is 530 g/mol. The number of amides is 4. The molecule has 0 aliphatic carbocycles. The molecule has 2 aromatic heterocycles. The molecule has 10 nitrogen and oxygen atoms in total. The van der Waals surface area contributed by atoms with E-state index in [0.717, 1.165) is 15.8 Å². The summed E-state index contributed by atoms with van der Waals surface area (Å²) in [5, 5.41) is 6.12. The summed E-state index contributed by atoms with van der Waals surface area (Å²) in [5.74, 6) is -1.76. The molecular formula is C28H23FN4O6. The third kappa shape index (κ3) is 5.01. The number of ether oxygens (including phenoxy) is 1. The molecule has 1 aliphatic heterocycles. The number of methoxy groups -OCH3 is 1. The summed E-state index contributed by atoms with van der Waals surface area (Å²) < 4.78 is 25.0. The number of fused-ring (bicyclic) bond motifs is 1. The van der Waals surface area contributed by atoms with Crippen molar-refractivity contribution in [2.75, 3.05) is 12.4 Å². The standard InChI is InChI=1S/C28H23FN4O6/c1-16-21(13-22-26(35)33(28(37)31-22)14-19-11-12-24(39-19)27(36)38-2)20-5-3-4-6-23(20)32(16)15-25(34)30-18-9-7-17(29)8-10-18/h3-13H,14-15H2,1-2H3,(H,30,34)(H,31,37)/b22-13-. The number of halogens is 1. The zero-order chi connectivity index (χ0) is 27.7. The number of nitrogens with zero attached hydrogens (tertiary/aromatic N) is 2. The van der Waals surface area contributed by atoms with Crippen LogP contribution in [0.15, 0.2) is 70.8 Å². The summed E-state index contributed by atoms with van der Waals surface area (Å²) in [7, 11) is 1.22. The van der Waals surface area contributed by atoms with Gasteiger partial charge in [-0.25, -0.2) is 14.0 Å². The van der Waals surface area contributed by atoms with Gasteiger partial charge in [0.15, 0.2) is 0 Å². The summed E-state index contributed by atoms with van der Waals surface area (Å²) in [6, 6.07) is 15.1. The van der Waals surface area contributed by atoms with E-state index in [9.17, 15) is 23.6 Å². The predicted molar refractivity (Wildman–Crippen MR) is 139 cm³/mol. The minimum Gasteiger partial charge on any atom is -0.463 e. The summed E-state index contributed by atoms with van der Waals surface area (Å²) in [5.41, 5.74) is 2.65.